The first-order chi connectivity index (χ1) is 15.4. The molecule has 2 heterocycles. The molecule has 8 nitrogen and oxygen atoms in total. The molecule has 1 aliphatic rings. The van der Waals surface area contributed by atoms with E-state index in [0.29, 0.717) is 23.5 Å². The van der Waals surface area contributed by atoms with Crippen LogP contribution in [0, 0.1) is 24.0 Å². The summed E-state index contributed by atoms with van der Waals surface area (Å²) in [6, 6.07) is 13.9. The van der Waals surface area contributed by atoms with Gasteiger partial charge in [0.2, 0.25) is 0 Å². The summed E-state index contributed by atoms with van der Waals surface area (Å²) in [6.07, 6.45) is 2.43. The van der Waals surface area contributed by atoms with E-state index in [2.05, 4.69) is 16.3 Å². The van der Waals surface area contributed by atoms with Crippen LogP contribution in [-0.2, 0) is 0 Å². The highest BCUT2D eigenvalue weighted by Gasteiger charge is 2.20. The average Bonchev–Trinajstić information content (AvgIpc) is 3.44. The summed E-state index contributed by atoms with van der Waals surface area (Å²) in [5.41, 5.74) is 4.72. The van der Waals surface area contributed by atoms with E-state index in [1.165, 1.54) is 25.0 Å². The number of hydrogen-bond donors (Lipinski definition) is 1. The first-order valence-corrected chi connectivity index (χ1v) is 10.9. The Kier molecular flexibility index (Phi) is 6.32. The zero-order valence-electron chi connectivity index (χ0n) is 18.4. The van der Waals surface area contributed by atoms with Crippen LogP contribution >= 0.6 is 0 Å². The Hall–Kier alpha value is -3.52. The Morgan fingerprint density at radius 2 is 1.81 bits per heavy atom. The van der Waals surface area contributed by atoms with Crippen LogP contribution in [0.1, 0.15) is 34.5 Å². The van der Waals surface area contributed by atoms with E-state index >= 15 is 0 Å². The number of carbonyl (C=O) groups excluding carboxylic acids is 1. The molecule has 166 valence electrons. The van der Waals surface area contributed by atoms with Crippen molar-refractivity contribution in [3.63, 3.8) is 0 Å². The topological polar surface area (TPSA) is 93.3 Å². The van der Waals surface area contributed by atoms with E-state index in [4.69, 9.17) is 5.10 Å². The van der Waals surface area contributed by atoms with E-state index in [1.807, 2.05) is 26.0 Å². The quantitative estimate of drug-likeness (QED) is 0.451. The molecule has 1 aliphatic heterocycles. The minimum absolute atomic E-state index is 0.0161. The Balaban J connectivity index is 1.64. The molecule has 0 unspecified atom stereocenters. The van der Waals surface area contributed by atoms with Crippen LogP contribution in [0.4, 0.5) is 5.69 Å². The van der Waals surface area contributed by atoms with Gasteiger partial charge < -0.3 is 10.2 Å². The number of aromatic nitrogens is 2. The van der Waals surface area contributed by atoms with Crippen molar-refractivity contribution in [2.75, 3.05) is 26.2 Å². The summed E-state index contributed by atoms with van der Waals surface area (Å²) >= 11 is 0. The minimum atomic E-state index is -0.433. The zero-order chi connectivity index (χ0) is 22.7. The Bertz CT molecular complexity index is 1130. The van der Waals surface area contributed by atoms with Gasteiger partial charge in [0.15, 0.2) is 0 Å². The number of nitro benzene ring substituents is 1. The van der Waals surface area contributed by atoms with Crippen molar-refractivity contribution in [2.24, 2.45) is 0 Å². The van der Waals surface area contributed by atoms with Crippen molar-refractivity contribution in [2.45, 2.75) is 26.7 Å². The van der Waals surface area contributed by atoms with Gasteiger partial charge in [0.25, 0.3) is 11.6 Å². The maximum atomic E-state index is 13.1. The lowest BCUT2D eigenvalue weighted by atomic mass is 10.1. The molecule has 8 heteroatoms. The summed E-state index contributed by atoms with van der Waals surface area (Å²) in [5, 5.41) is 18.7. The lowest BCUT2D eigenvalue weighted by Crippen LogP contribution is -2.34. The van der Waals surface area contributed by atoms with Crippen LogP contribution in [0.25, 0.3) is 16.9 Å². The lowest BCUT2D eigenvalue weighted by molar-refractivity contribution is -0.384. The first-order valence-electron chi connectivity index (χ1n) is 10.9. The normalized spacial score (nSPS) is 13.9. The van der Waals surface area contributed by atoms with E-state index in [-0.39, 0.29) is 11.6 Å². The van der Waals surface area contributed by atoms with Crippen LogP contribution in [0.15, 0.2) is 48.5 Å². The van der Waals surface area contributed by atoms with E-state index in [9.17, 15) is 14.9 Å². The second-order valence-electron chi connectivity index (χ2n) is 8.23. The zero-order valence-corrected chi connectivity index (χ0v) is 18.4. The van der Waals surface area contributed by atoms with Crippen molar-refractivity contribution < 1.29 is 9.72 Å². The summed E-state index contributed by atoms with van der Waals surface area (Å²) < 4.78 is 1.66. The second-order valence-corrected chi connectivity index (χ2v) is 8.23. The molecule has 0 aliphatic carbocycles. The minimum Gasteiger partial charge on any atom is -0.349 e. The molecule has 1 N–H and O–H groups in total. The van der Waals surface area contributed by atoms with Crippen molar-refractivity contribution in [1.82, 2.24) is 20.0 Å². The third-order valence-electron chi connectivity index (χ3n) is 5.81. The van der Waals surface area contributed by atoms with E-state index < -0.39 is 4.92 Å². The fourth-order valence-electron chi connectivity index (χ4n) is 4.09. The summed E-state index contributed by atoms with van der Waals surface area (Å²) in [6.45, 7) is 7.59. The van der Waals surface area contributed by atoms with Gasteiger partial charge in [-0.25, -0.2) is 4.68 Å². The molecular formula is C24H27N5O3. The van der Waals surface area contributed by atoms with Gasteiger partial charge in [-0.2, -0.15) is 5.10 Å². The number of nitro groups is 1. The van der Waals surface area contributed by atoms with Gasteiger partial charge in [-0.1, -0.05) is 17.7 Å². The maximum absolute atomic E-state index is 13.1. The fraction of sp³-hybridized carbons (Fsp3) is 0.333. The van der Waals surface area contributed by atoms with Crippen LogP contribution in [0.3, 0.4) is 0 Å². The molecule has 32 heavy (non-hydrogen) atoms. The summed E-state index contributed by atoms with van der Waals surface area (Å²) in [5.74, 6) is -0.190. The molecule has 3 aromatic rings. The predicted octanol–water partition coefficient (Wildman–Crippen LogP) is 3.89. The standard InChI is InChI=1S/C24H27N5O3/c1-17-5-10-22(18(2)15-17)28-23(24(30)25-11-14-27-12-3-4-13-27)16-21(26-28)19-6-8-20(9-7-19)29(31)32/h5-10,15-16H,3-4,11-14H2,1-2H3,(H,25,30). The number of rotatable bonds is 7. The highest BCUT2D eigenvalue weighted by atomic mass is 16.6. The second kappa shape index (κ2) is 9.32. The molecular weight excluding hydrogens is 406 g/mol. The Morgan fingerprint density at radius 1 is 1.09 bits per heavy atom. The van der Waals surface area contributed by atoms with Gasteiger partial charge in [0, 0.05) is 30.8 Å². The Labute approximate surface area is 187 Å². The van der Waals surface area contributed by atoms with Crippen molar-refractivity contribution >= 4 is 11.6 Å². The molecule has 0 spiro atoms. The number of carbonyl (C=O) groups is 1. The number of hydrogen-bond acceptors (Lipinski definition) is 5. The number of nitrogens with one attached hydrogen (secondary N) is 1. The molecule has 1 aromatic heterocycles. The number of amides is 1. The van der Waals surface area contributed by atoms with Gasteiger partial charge in [0.05, 0.1) is 16.3 Å². The van der Waals surface area contributed by atoms with Crippen molar-refractivity contribution in [3.8, 4) is 16.9 Å². The van der Waals surface area contributed by atoms with Crippen LogP contribution in [0.2, 0.25) is 0 Å². The molecule has 0 saturated carbocycles. The van der Waals surface area contributed by atoms with Crippen molar-refractivity contribution in [1.29, 1.82) is 0 Å². The summed E-state index contributed by atoms with van der Waals surface area (Å²) in [7, 11) is 0. The van der Waals surface area contributed by atoms with Crippen LogP contribution in [-0.4, -0.2) is 51.7 Å². The fourth-order valence-corrected chi connectivity index (χ4v) is 4.09. The summed E-state index contributed by atoms with van der Waals surface area (Å²) in [4.78, 5) is 26.0. The van der Waals surface area contributed by atoms with Crippen molar-refractivity contribution in [3.05, 3.63) is 75.5 Å². The molecule has 0 radical (unpaired) electrons. The van der Waals surface area contributed by atoms with Crippen LogP contribution < -0.4 is 5.32 Å². The Morgan fingerprint density at radius 3 is 2.47 bits per heavy atom. The largest absolute Gasteiger partial charge is 0.349 e. The maximum Gasteiger partial charge on any atom is 0.270 e. The smallest absolute Gasteiger partial charge is 0.270 e. The predicted molar refractivity (Wildman–Crippen MR) is 123 cm³/mol. The molecule has 0 bridgehead atoms. The third kappa shape index (κ3) is 4.70. The monoisotopic (exact) mass is 433 g/mol. The number of non-ortho nitro benzene ring substituents is 1. The first kappa shape index (κ1) is 21.7. The lowest BCUT2D eigenvalue weighted by Gasteiger charge is -2.15. The van der Waals surface area contributed by atoms with Gasteiger partial charge in [-0.05, 0) is 69.6 Å². The average molecular weight is 434 g/mol. The van der Waals surface area contributed by atoms with Gasteiger partial charge >= 0.3 is 0 Å². The highest BCUT2D eigenvalue weighted by molar-refractivity contribution is 5.94. The SMILES string of the molecule is Cc1ccc(-n2nc(-c3ccc([N+](=O)[O-])cc3)cc2C(=O)NCCN2CCCC2)c(C)c1. The molecule has 1 saturated heterocycles. The van der Waals surface area contributed by atoms with Gasteiger partial charge in [0.1, 0.15) is 5.69 Å². The number of likely N-dealkylation sites (tertiary alicyclic amines) is 1. The number of nitrogens with zero attached hydrogens (tertiary/aromatic N) is 4. The third-order valence-corrected chi connectivity index (χ3v) is 5.81. The molecule has 1 amide bonds. The molecule has 2 aromatic carbocycles. The van der Waals surface area contributed by atoms with E-state index in [0.717, 1.165) is 36.4 Å². The van der Waals surface area contributed by atoms with Gasteiger partial charge in [-0.3, -0.25) is 14.9 Å². The number of benzene rings is 2. The van der Waals surface area contributed by atoms with Gasteiger partial charge in [-0.15, -0.1) is 0 Å². The van der Waals surface area contributed by atoms with Crippen LogP contribution in [0.5, 0.6) is 0 Å². The molecule has 1 fully saturated rings. The molecule has 4 rings (SSSR count). The van der Waals surface area contributed by atoms with E-state index in [1.54, 1.807) is 22.9 Å². The number of aryl methyl sites for hydroxylation is 2. The highest BCUT2D eigenvalue weighted by Crippen LogP contribution is 2.25. The molecule has 0 atom stereocenters.